The lowest BCUT2D eigenvalue weighted by atomic mass is 9.74. The maximum absolute atomic E-state index is 10.3. The van der Waals surface area contributed by atoms with Crippen LogP contribution in [0.3, 0.4) is 0 Å². The minimum atomic E-state index is -1.42. The van der Waals surface area contributed by atoms with Crippen molar-refractivity contribution >= 4 is 13.4 Å². The van der Waals surface area contributed by atoms with Crippen LogP contribution in [-0.4, -0.2) is 23.5 Å². The number of aldehydes is 1. The third kappa shape index (κ3) is 2.03. The van der Waals surface area contributed by atoms with Gasteiger partial charge in [0, 0.05) is 5.57 Å². The summed E-state index contributed by atoms with van der Waals surface area (Å²) in [7, 11) is -1.42. The molecule has 0 bridgehead atoms. The van der Waals surface area contributed by atoms with Gasteiger partial charge in [0.2, 0.25) is 0 Å². The highest BCUT2D eigenvalue weighted by Crippen LogP contribution is 2.16. The molecule has 0 fully saturated rings. The zero-order valence-electron chi connectivity index (χ0n) is 6.03. The van der Waals surface area contributed by atoms with Crippen LogP contribution in [0.25, 0.3) is 0 Å². The highest BCUT2D eigenvalue weighted by molar-refractivity contribution is 6.50. The van der Waals surface area contributed by atoms with Crippen molar-refractivity contribution in [2.75, 3.05) is 0 Å². The van der Waals surface area contributed by atoms with Gasteiger partial charge in [0.05, 0.1) is 0 Å². The first kappa shape index (κ1) is 8.23. The van der Waals surface area contributed by atoms with Crippen LogP contribution < -0.4 is 0 Å². The molecule has 0 aromatic rings. The second-order valence-electron chi connectivity index (χ2n) is 2.45. The Morgan fingerprint density at radius 3 is 2.82 bits per heavy atom. The molecule has 4 heteroatoms. The van der Waals surface area contributed by atoms with Gasteiger partial charge >= 0.3 is 7.12 Å². The second kappa shape index (κ2) is 3.50. The maximum atomic E-state index is 10.3. The Morgan fingerprint density at radius 2 is 2.27 bits per heavy atom. The quantitative estimate of drug-likeness (QED) is 0.427. The van der Waals surface area contributed by atoms with Crippen molar-refractivity contribution in [3.05, 3.63) is 23.2 Å². The van der Waals surface area contributed by atoms with Gasteiger partial charge in [-0.1, -0.05) is 12.2 Å². The summed E-state index contributed by atoms with van der Waals surface area (Å²) in [6, 6.07) is 0. The minimum Gasteiger partial charge on any atom is -0.423 e. The van der Waals surface area contributed by atoms with Crippen LogP contribution in [0, 0.1) is 0 Å². The van der Waals surface area contributed by atoms with Gasteiger partial charge in [-0.15, -0.1) is 0 Å². The normalized spacial score (nSPS) is 16.9. The van der Waals surface area contributed by atoms with Crippen molar-refractivity contribution in [3.8, 4) is 0 Å². The van der Waals surface area contributed by atoms with Crippen molar-refractivity contribution in [2.45, 2.75) is 12.8 Å². The molecule has 0 heterocycles. The average Bonchev–Trinajstić information content (AvgIpc) is 2.05. The van der Waals surface area contributed by atoms with Gasteiger partial charge < -0.3 is 10.0 Å². The largest absolute Gasteiger partial charge is 0.484 e. The van der Waals surface area contributed by atoms with Crippen LogP contribution in [0.4, 0.5) is 0 Å². The first-order valence-corrected chi connectivity index (χ1v) is 3.46. The molecular weight excluding hydrogens is 143 g/mol. The topological polar surface area (TPSA) is 57.5 Å². The highest BCUT2D eigenvalue weighted by Gasteiger charge is 2.16. The number of carbonyl (C=O) groups is 1. The van der Waals surface area contributed by atoms with E-state index >= 15 is 0 Å². The van der Waals surface area contributed by atoms with Crippen molar-refractivity contribution in [1.29, 1.82) is 0 Å². The zero-order valence-corrected chi connectivity index (χ0v) is 6.03. The highest BCUT2D eigenvalue weighted by atomic mass is 16.4. The first-order valence-electron chi connectivity index (χ1n) is 3.46. The Bertz CT molecular complexity index is 218. The summed E-state index contributed by atoms with van der Waals surface area (Å²) in [4.78, 5) is 10.3. The Hall–Kier alpha value is -0.865. The third-order valence-corrected chi connectivity index (χ3v) is 1.63. The Kier molecular flexibility index (Phi) is 2.62. The molecule has 0 aliphatic heterocycles. The molecule has 0 saturated heterocycles. The Labute approximate surface area is 65.2 Å². The molecule has 11 heavy (non-hydrogen) atoms. The summed E-state index contributed by atoms with van der Waals surface area (Å²) in [5.74, 6) is 0. The van der Waals surface area contributed by atoms with Gasteiger partial charge in [0.1, 0.15) is 6.29 Å². The average molecular weight is 152 g/mol. The van der Waals surface area contributed by atoms with E-state index in [2.05, 4.69) is 0 Å². The summed E-state index contributed by atoms with van der Waals surface area (Å²) < 4.78 is 0. The van der Waals surface area contributed by atoms with E-state index < -0.39 is 7.12 Å². The minimum absolute atomic E-state index is 0.509. The van der Waals surface area contributed by atoms with Crippen LogP contribution in [0.2, 0.25) is 0 Å². The molecule has 2 N–H and O–H groups in total. The zero-order chi connectivity index (χ0) is 8.27. The van der Waals surface area contributed by atoms with Crippen LogP contribution >= 0.6 is 0 Å². The van der Waals surface area contributed by atoms with E-state index in [0.29, 0.717) is 30.2 Å². The molecular formula is C7H9BO3. The number of allylic oxidation sites excluding steroid dienone is 4. The molecule has 1 aliphatic carbocycles. The number of rotatable bonds is 2. The van der Waals surface area contributed by atoms with Gasteiger partial charge in [-0.3, -0.25) is 4.79 Å². The van der Waals surface area contributed by atoms with Crippen molar-refractivity contribution in [1.82, 2.24) is 0 Å². The van der Waals surface area contributed by atoms with Crippen molar-refractivity contribution < 1.29 is 14.8 Å². The SMILES string of the molecule is O=CC1=CCCC(B(O)O)=C1. The molecule has 0 radical (unpaired) electrons. The monoisotopic (exact) mass is 152 g/mol. The van der Waals surface area contributed by atoms with E-state index in [-0.39, 0.29) is 0 Å². The number of hydrogen-bond donors (Lipinski definition) is 2. The fraction of sp³-hybridized carbons (Fsp3) is 0.286. The van der Waals surface area contributed by atoms with E-state index in [1.807, 2.05) is 0 Å². The third-order valence-electron chi connectivity index (χ3n) is 1.63. The van der Waals surface area contributed by atoms with E-state index in [9.17, 15) is 4.79 Å². The Balaban J connectivity index is 2.75. The van der Waals surface area contributed by atoms with Crippen LogP contribution in [0.15, 0.2) is 23.2 Å². The lowest BCUT2D eigenvalue weighted by Crippen LogP contribution is -2.17. The molecule has 0 spiro atoms. The molecule has 0 unspecified atom stereocenters. The molecule has 0 amide bonds. The van der Waals surface area contributed by atoms with Gasteiger partial charge in [-0.25, -0.2) is 0 Å². The van der Waals surface area contributed by atoms with Crippen LogP contribution in [0.5, 0.6) is 0 Å². The fourth-order valence-electron chi connectivity index (χ4n) is 1.04. The first-order chi connectivity index (χ1) is 5.24. The van der Waals surface area contributed by atoms with Gasteiger partial charge in [0.25, 0.3) is 0 Å². The number of hydrogen-bond acceptors (Lipinski definition) is 3. The maximum Gasteiger partial charge on any atom is 0.484 e. The summed E-state index contributed by atoms with van der Waals surface area (Å²) in [6.45, 7) is 0. The molecule has 0 atom stereocenters. The molecule has 3 nitrogen and oxygen atoms in total. The lowest BCUT2D eigenvalue weighted by molar-refractivity contribution is -0.104. The van der Waals surface area contributed by atoms with Gasteiger partial charge in [-0.2, -0.15) is 0 Å². The number of carbonyl (C=O) groups excluding carboxylic acids is 1. The predicted molar refractivity (Wildman–Crippen MR) is 41.7 cm³/mol. The molecule has 0 saturated carbocycles. The van der Waals surface area contributed by atoms with Gasteiger partial charge in [0.15, 0.2) is 0 Å². The second-order valence-corrected chi connectivity index (χ2v) is 2.45. The van der Waals surface area contributed by atoms with E-state index in [4.69, 9.17) is 10.0 Å². The summed E-state index contributed by atoms with van der Waals surface area (Å²) in [6.07, 6.45) is 5.33. The molecule has 58 valence electrons. The summed E-state index contributed by atoms with van der Waals surface area (Å²) >= 11 is 0. The molecule has 0 aromatic heterocycles. The molecule has 0 aromatic carbocycles. The van der Waals surface area contributed by atoms with Crippen LogP contribution in [0.1, 0.15) is 12.8 Å². The predicted octanol–water partition coefficient (Wildman–Crippen LogP) is -0.156. The van der Waals surface area contributed by atoms with Crippen molar-refractivity contribution in [3.63, 3.8) is 0 Å². The van der Waals surface area contributed by atoms with E-state index in [0.717, 1.165) is 0 Å². The summed E-state index contributed by atoms with van der Waals surface area (Å²) in [5, 5.41) is 17.5. The van der Waals surface area contributed by atoms with Gasteiger partial charge in [-0.05, 0) is 18.3 Å². The summed E-state index contributed by atoms with van der Waals surface area (Å²) in [5.41, 5.74) is 1.04. The van der Waals surface area contributed by atoms with E-state index in [1.165, 1.54) is 6.08 Å². The lowest BCUT2D eigenvalue weighted by Gasteiger charge is -2.08. The molecule has 1 aliphatic rings. The van der Waals surface area contributed by atoms with Crippen LogP contribution in [-0.2, 0) is 4.79 Å². The van der Waals surface area contributed by atoms with E-state index in [1.54, 1.807) is 6.08 Å². The van der Waals surface area contributed by atoms with Crippen molar-refractivity contribution in [2.24, 2.45) is 0 Å². The Morgan fingerprint density at radius 1 is 1.55 bits per heavy atom. The molecule has 1 rings (SSSR count). The standard InChI is InChI=1S/C7H9BO3/c9-5-6-2-1-3-7(4-6)8(10)11/h2,4-5,10-11H,1,3H2. The smallest absolute Gasteiger partial charge is 0.423 e. The fourth-order valence-corrected chi connectivity index (χ4v) is 1.04.